The van der Waals surface area contributed by atoms with Crippen molar-refractivity contribution < 1.29 is 14.2 Å². The molecule has 0 aliphatic rings. The SMILES string of the molecule is CCO[C](CCCNC(C)c1ccc(OC)cc1)OCC. The lowest BCUT2D eigenvalue weighted by Gasteiger charge is -2.17. The number of benzene rings is 1. The molecule has 21 heavy (non-hydrogen) atoms. The van der Waals surface area contributed by atoms with Gasteiger partial charge in [-0.15, -0.1) is 0 Å². The Kier molecular flexibility index (Phi) is 9.06. The first-order valence-corrected chi connectivity index (χ1v) is 7.70. The second kappa shape index (κ2) is 10.6. The van der Waals surface area contributed by atoms with E-state index in [1.54, 1.807) is 7.11 Å². The van der Waals surface area contributed by atoms with Crippen LogP contribution in [0.1, 0.15) is 45.2 Å². The maximum absolute atomic E-state index is 5.45. The minimum absolute atomic E-state index is 0.318. The summed E-state index contributed by atoms with van der Waals surface area (Å²) in [6.07, 6.45) is 2.58. The molecule has 0 fully saturated rings. The van der Waals surface area contributed by atoms with Gasteiger partial charge in [-0.2, -0.15) is 0 Å². The van der Waals surface area contributed by atoms with Gasteiger partial charge < -0.3 is 19.5 Å². The van der Waals surface area contributed by atoms with Gasteiger partial charge in [0.15, 0.2) is 0 Å². The summed E-state index contributed by atoms with van der Waals surface area (Å²) in [5, 5.41) is 3.51. The van der Waals surface area contributed by atoms with Gasteiger partial charge in [-0.25, -0.2) is 0 Å². The van der Waals surface area contributed by atoms with Gasteiger partial charge in [-0.3, -0.25) is 0 Å². The first kappa shape index (κ1) is 18.0. The van der Waals surface area contributed by atoms with Crippen LogP contribution in [0.4, 0.5) is 0 Å². The highest BCUT2D eigenvalue weighted by Crippen LogP contribution is 2.18. The molecular formula is C17H28NO3. The summed E-state index contributed by atoms with van der Waals surface area (Å²) in [4.78, 5) is 0. The first-order valence-electron chi connectivity index (χ1n) is 7.70. The Morgan fingerprint density at radius 1 is 1.10 bits per heavy atom. The minimum Gasteiger partial charge on any atom is -0.497 e. The quantitative estimate of drug-likeness (QED) is 0.632. The Hall–Kier alpha value is -1.10. The topological polar surface area (TPSA) is 39.7 Å². The molecule has 0 saturated carbocycles. The smallest absolute Gasteiger partial charge is 0.223 e. The zero-order valence-electron chi connectivity index (χ0n) is 13.6. The average molecular weight is 294 g/mol. The normalized spacial score (nSPS) is 12.6. The van der Waals surface area contributed by atoms with Crippen LogP contribution in [0, 0.1) is 6.29 Å². The molecule has 1 rings (SSSR count). The highest BCUT2D eigenvalue weighted by Gasteiger charge is 2.10. The van der Waals surface area contributed by atoms with Crippen molar-refractivity contribution in [1.82, 2.24) is 5.32 Å². The van der Waals surface area contributed by atoms with E-state index in [0.717, 1.165) is 31.4 Å². The fourth-order valence-electron chi connectivity index (χ4n) is 2.07. The van der Waals surface area contributed by atoms with E-state index in [4.69, 9.17) is 14.2 Å². The van der Waals surface area contributed by atoms with Gasteiger partial charge in [0.1, 0.15) is 5.75 Å². The molecule has 0 aliphatic heterocycles. The highest BCUT2D eigenvalue weighted by atomic mass is 16.7. The Bertz CT molecular complexity index is 361. The van der Waals surface area contributed by atoms with Gasteiger partial charge in [-0.05, 0) is 51.4 Å². The van der Waals surface area contributed by atoms with E-state index >= 15 is 0 Å². The van der Waals surface area contributed by atoms with Crippen molar-refractivity contribution in [3.05, 3.63) is 36.1 Å². The second-order valence-electron chi connectivity index (χ2n) is 4.79. The molecule has 4 nitrogen and oxygen atoms in total. The van der Waals surface area contributed by atoms with Crippen molar-refractivity contribution in [3.8, 4) is 5.75 Å². The molecule has 1 radical (unpaired) electrons. The summed E-state index contributed by atoms with van der Waals surface area (Å²) in [6, 6.07) is 8.48. The largest absolute Gasteiger partial charge is 0.497 e. The number of hydrogen-bond donors (Lipinski definition) is 1. The Morgan fingerprint density at radius 3 is 2.24 bits per heavy atom. The van der Waals surface area contributed by atoms with Gasteiger partial charge in [0.25, 0.3) is 0 Å². The van der Waals surface area contributed by atoms with E-state index in [1.807, 2.05) is 26.0 Å². The molecule has 0 amide bonds. The predicted octanol–water partition coefficient (Wildman–Crippen LogP) is 3.69. The minimum atomic E-state index is 0.318. The Balaban J connectivity index is 2.27. The molecule has 0 heterocycles. The molecule has 0 bridgehead atoms. The van der Waals surface area contributed by atoms with E-state index in [0.29, 0.717) is 19.3 Å². The van der Waals surface area contributed by atoms with E-state index in [2.05, 4.69) is 24.4 Å². The van der Waals surface area contributed by atoms with Crippen molar-refractivity contribution in [2.24, 2.45) is 0 Å². The number of methoxy groups -OCH3 is 1. The van der Waals surface area contributed by atoms with Crippen molar-refractivity contribution in [1.29, 1.82) is 0 Å². The number of rotatable bonds is 11. The maximum Gasteiger partial charge on any atom is 0.223 e. The van der Waals surface area contributed by atoms with Gasteiger partial charge in [0.2, 0.25) is 6.29 Å². The lowest BCUT2D eigenvalue weighted by molar-refractivity contribution is -0.0431. The molecule has 0 saturated heterocycles. The third-order valence-corrected chi connectivity index (χ3v) is 3.23. The zero-order chi connectivity index (χ0) is 15.5. The van der Waals surface area contributed by atoms with Gasteiger partial charge in [-0.1, -0.05) is 12.1 Å². The molecule has 119 valence electrons. The van der Waals surface area contributed by atoms with Gasteiger partial charge >= 0.3 is 0 Å². The molecule has 1 aromatic rings. The summed E-state index contributed by atoms with van der Waals surface area (Å²) in [6.45, 7) is 8.36. The first-order chi connectivity index (χ1) is 10.2. The predicted molar refractivity (Wildman–Crippen MR) is 85.1 cm³/mol. The third kappa shape index (κ3) is 6.93. The summed E-state index contributed by atoms with van der Waals surface area (Å²) in [5.74, 6) is 0.888. The van der Waals surface area contributed by atoms with E-state index in [9.17, 15) is 0 Å². The molecule has 0 spiro atoms. The summed E-state index contributed by atoms with van der Waals surface area (Å²) >= 11 is 0. The van der Waals surface area contributed by atoms with E-state index in [-0.39, 0.29) is 0 Å². The fourth-order valence-corrected chi connectivity index (χ4v) is 2.07. The van der Waals surface area contributed by atoms with Crippen LogP contribution in [0.3, 0.4) is 0 Å². The number of hydrogen-bond acceptors (Lipinski definition) is 4. The zero-order valence-corrected chi connectivity index (χ0v) is 13.6. The lowest BCUT2D eigenvalue weighted by Crippen LogP contribution is -2.21. The van der Waals surface area contributed by atoms with Crippen LogP contribution < -0.4 is 10.1 Å². The molecule has 0 aliphatic carbocycles. The molecule has 4 heteroatoms. The second-order valence-corrected chi connectivity index (χ2v) is 4.79. The van der Waals surface area contributed by atoms with Gasteiger partial charge in [0, 0.05) is 25.7 Å². The summed E-state index contributed by atoms with van der Waals surface area (Å²) in [5.41, 5.74) is 1.26. The Morgan fingerprint density at radius 2 is 1.71 bits per heavy atom. The van der Waals surface area contributed by atoms with Crippen LogP contribution >= 0.6 is 0 Å². The molecule has 0 aromatic heterocycles. The monoisotopic (exact) mass is 294 g/mol. The van der Waals surface area contributed by atoms with Crippen LogP contribution in [0.25, 0.3) is 0 Å². The van der Waals surface area contributed by atoms with Crippen molar-refractivity contribution in [2.75, 3.05) is 26.9 Å². The Labute approximate surface area is 128 Å². The van der Waals surface area contributed by atoms with Crippen LogP contribution in [0.2, 0.25) is 0 Å². The summed E-state index contributed by atoms with van der Waals surface area (Å²) < 4.78 is 16.1. The lowest BCUT2D eigenvalue weighted by atomic mass is 10.1. The molecular weight excluding hydrogens is 266 g/mol. The van der Waals surface area contributed by atoms with Crippen LogP contribution in [-0.4, -0.2) is 26.9 Å². The highest BCUT2D eigenvalue weighted by molar-refractivity contribution is 5.28. The van der Waals surface area contributed by atoms with Gasteiger partial charge in [0.05, 0.1) is 7.11 Å². The fraction of sp³-hybridized carbons (Fsp3) is 0.588. The summed E-state index contributed by atoms with van der Waals surface area (Å²) in [7, 11) is 1.68. The van der Waals surface area contributed by atoms with Crippen molar-refractivity contribution in [2.45, 2.75) is 39.7 Å². The molecule has 1 unspecified atom stereocenters. The average Bonchev–Trinajstić information content (AvgIpc) is 2.51. The van der Waals surface area contributed by atoms with E-state index in [1.165, 1.54) is 5.56 Å². The maximum atomic E-state index is 5.45. The molecule has 1 aromatic carbocycles. The van der Waals surface area contributed by atoms with Crippen molar-refractivity contribution in [3.63, 3.8) is 0 Å². The number of nitrogens with one attached hydrogen (secondary N) is 1. The van der Waals surface area contributed by atoms with Crippen LogP contribution in [-0.2, 0) is 9.47 Å². The van der Waals surface area contributed by atoms with Crippen LogP contribution in [0.15, 0.2) is 24.3 Å². The van der Waals surface area contributed by atoms with Crippen molar-refractivity contribution >= 4 is 0 Å². The number of ether oxygens (including phenoxy) is 3. The van der Waals surface area contributed by atoms with Crippen LogP contribution in [0.5, 0.6) is 5.75 Å². The van der Waals surface area contributed by atoms with E-state index < -0.39 is 0 Å². The molecule has 1 N–H and O–H groups in total. The molecule has 1 atom stereocenters. The standard InChI is InChI=1S/C17H28NO3/c1-5-20-17(21-6-2)8-7-13-18-14(3)15-9-11-16(19-4)12-10-15/h9-12,14,18H,5-8,13H2,1-4H3. The third-order valence-electron chi connectivity index (χ3n) is 3.23.